The number of hydrogen-bond acceptors (Lipinski definition) is 3. The van der Waals surface area contributed by atoms with E-state index in [1.807, 2.05) is 6.92 Å². The Morgan fingerprint density at radius 2 is 1.90 bits per heavy atom. The van der Waals surface area contributed by atoms with Crippen LogP contribution < -0.4 is 9.84 Å². The van der Waals surface area contributed by atoms with Crippen molar-refractivity contribution >= 4 is 28.6 Å². The fourth-order valence-electron chi connectivity index (χ4n) is 1.91. The first kappa shape index (κ1) is 14.8. The summed E-state index contributed by atoms with van der Waals surface area (Å²) in [6.07, 6.45) is 0.984. The van der Waals surface area contributed by atoms with Crippen LogP contribution in [-0.2, 0) is 6.42 Å². The lowest BCUT2D eigenvalue weighted by molar-refractivity contribution is -0.255. The zero-order valence-corrected chi connectivity index (χ0v) is 13.4. The molecule has 3 nitrogen and oxygen atoms in total. The first-order chi connectivity index (χ1) is 9.51. The maximum atomic E-state index is 10.7. The third-order valence-electron chi connectivity index (χ3n) is 3.01. The van der Waals surface area contributed by atoms with Crippen molar-refractivity contribution in [3.63, 3.8) is 0 Å². The molecule has 0 amide bonds. The summed E-state index contributed by atoms with van der Waals surface area (Å²) in [5, 5.41) is 10.7. The van der Waals surface area contributed by atoms with Crippen molar-refractivity contribution in [3.8, 4) is 11.5 Å². The highest BCUT2D eigenvalue weighted by Crippen LogP contribution is 2.31. The van der Waals surface area contributed by atoms with Crippen LogP contribution in [0.4, 0.5) is 0 Å². The van der Waals surface area contributed by atoms with Crippen LogP contribution in [0.15, 0.2) is 36.4 Å². The number of carboxylic acid groups (broad SMARTS) is 1. The second-order valence-electron chi connectivity index (χ2n) is 4.49. The Labute approximate surface area is 131 Å². The molecule has 0 unspecified atom stereocenters. The molecule has 0 aliphatic carbocycles. The summed E-state index contributed by atoms with van der Waals surface area (Å²) in [5.41, 5.74) is 2.48. The quantitative estimate of drug-likeness (QED) is 0.764. The SMILES string of the molecule is CCc1cc(C)c(Oc2ccc(C(=O)[O-])cc2)c(I)c1. The summed E-state index contributed by atoms with van der Waals surface area (Å²) >= 11 is 2.25. The first-order valence-corrected chi connectivity index (χ1v) is 7.37. The maximum Gasteiger partial charge on any atom is 0.143 e. The third kappa shape index (κ3) is 3.30. The molecule has 0 saturated carbocycles. The number of halogens is 1. The molecule has 4 heteroatoms. The number of hydrogen-bond donors (Lipinski definition) is 0. The average molecular weight is 381 g/mol. The topological polar surface area (TPSA) is 49.4 Å². The van der Waals surface area contributed by atoms with Crippen LogP contribution in [0.1, 0.15) is 28.4 Å². The van der Waals surface area contributed by atoms with Crippen molar-refractivity contribution < 1.29 is 14.6 Å². The lowest BCUT2D eigenvalue weighted by Crippen LogP contribution is -2.21. The minimum Gasteiger partial charge on any atom is -0.545 e. The Balaban J connectivity index is 2.28. The van der Waals surface area contributed by atoms with Gasteiger partial charge in [0, 0.05) is 0 Å². The zero-order chi connectivity index (χ0) is 14.7. The monoisotopic (exact) mass is 381 g/mol. The molecule has 2 aromatic carbocycles. The van der Waals surface area contributed by atoms with E-state index >= 15 is 0 Å². The van der Waals surface area contributed by atoms with Crippen molar-refractivity contribution in [2.24, 2.45) is 0 Å². The van der Waals surface area contributed by atoms with Gasteiger partial charge in [0.25, 0.3) is 0 Å². The second kappa shape index (κ2) is 6.26. The number of aryl methyl sites for hydroxylation is 2. The van der Waals surface area contributed by atoms with Gasteiger partial charge < -0.3 is 14.6 Å². The Bertz CT molecular complexity index is 610. The number of carbonyl (C=O) groups is 1. The summed E-state index contributed by atoms with van der Waals surface area (Å²) < 4.78 is 6.90. The van der Waals surface area contributed by atoms with E-state index in [2.05, 4.69) is 41.6 Å². The van der Waals surface area contributed by atoms with Gasteiger partial charge >= 0.3 is 0 Å². The number of benzene rings is 2. The summed E-state index contributed by atoms with van der Waals surface area (Å²) in [6.45, 7) is 4.12. The highest BCUT2D eigenvalue weighted by atomic mass is 127. The minimum atomic E-state index is -1.19. The van der Waals surface area contributed by atoms with E-state index in [1.54, 1.807) is 12.1 Å². The molecule has 0 heterocycles. The van der Waals surface area contributed by atoms with Gasteiger partial charge in [0.15, 0.2) is 0 Å². The maximum absolute atomic E-state index is 10.7. The molecule has 2 aromatic rings. The fraction of sp³-hybridized carbons (Fsp3) is 0.188. The summed E-state index contributed by atoms with van der Waals surface area (Å²) in [5.74, 6) is 0.235. The first-order valence-electron chi connectivity index (χ1n) is 6.29. The van der Waals surface area contributed by atoms with Crippen molar-refractivity contribution in [1.29, 1.82) is 0 Å². The predicted octanol–water partition coefficient (Wildman–Crippen LogP) is 3.32. The molecule has 0 fully saturated rings. The van der Waals surface area contributed by atoms with Crippen LogP contribution in [0.3, 0.4) is 0 Å². The van der Waals surface area contributed by atoms with E-state index in [9.17, 15) is 9.90 Å². The average Bonchev–Trinajstić information content (AvgIpc) is 2.43. The number of carboxylic acids is 1. The predicted molar refractivity (Wildman–Crippen MR) is 84.1 cm³/mol. The lowest BCUT2D eigenvalue weighted by Gasteiger charge is -2.13. The van der Waals surface area contributed by atoms with Gasteiger partial charge in [-0.15, -0.1) is 0 Å². The number of carbonyl (C=O) groups excluding carboxylic acids is 1. The van der Waals surface area contributed by atoms with Gasteiger partial charge in [-0.05, 0) is 83.0 Å². The van der Waals surface area contributed by atoms with Crippen LogP contribution in [0.2, 0.25) is 0 Å². The summed E-state index contributed by atoms with van der Waals surface area (Å²) in [7, 11) is 0. The van der Waals surface area contributed by atoms with Crippen molar-refractivity contribution in [2.75, 3.05) is 0 Å². The standard InChI is InChI=1S/C16H15IO3/c1-3-11-8-10(2)15(14(17)9-11)20-13-6-4-12(5-7-13)16(18)19/h4-9H,3H2,1-2H3,(H,18,19)/p-1. The fourth-order valence-corrected chi connectivity index (χ4v) is 2.85. The molecule has 0 radical (unpaired) electrons. The van der Waals surface area contributed by atoms with E-state index < -0.39 is 5.97 Å². The summed E-state index contributed by atoms with van der Waals surface area (Å²) in [4.78, 5) is 10.7. The molecule has 2 rings (SSSR count). The Morgan fingerprint density at radius 1 is 1.25 bits per heavy atom. The molecule has 20 heavy (non-hydrogen) atoms. The normalized spacial score (nSPS) is 10.3. The van der Waals surface area contributed by atoms with Gasteiger partial charge in [-0.3, -0.25) is 0 Å². The summed E-state index contributed by atoms with van der Waals surface area (Å²) in [6, 6.07) is 10.4. The zero-order valence-electron chi connectivity index (χ0n) is 11.3. The highest BCUT2D eigenvalue weighted by Gasteiger charge is 2.08. The van der Waals surface area contributed by atoms with Gasteiger partial charge in [-0.2, -0.15) is 0 Å². The second-order valence-corrected chi connectivity index (χ2v) is 5.65. The Morgan fingerprint density at radius 3 is 2.40 bits per heavy atom. The van der Waals surface area contributed by atoms with E-state index in [1.165, 1.54) is 17.7 Å². The van der Waals surface area contributed by atoms with Gasteiger partial charge in [0.1, 0.15) is 11.5 Å². The molecule has 0 aliphatic rings. The Kier molecular flexibility index (Phi) is 4.65. The molecule has 0 N–H and O–H groups in total. The van der Waals surface area contributed by atoms with E-state index in [0.29, 0.717) is 5.75 Å². The molecule has 0 spiro atoms. The molecule has 0 atom stereocenters. The van der Waals surface area contributed by atoms with Crippen molar-refractivity contribution in [1.82, 2.24) is 0 Å². The smallest absolute Gasteiger partial charge is 0.143 e. The van der Waals surface area contributed by atoms with Gasteiger partial charge in [-0.25, -0.2) is 0 Å². The molecule has 0 aromatic heterocycles. The highest BCUT2D eigenvalue weighted by molar-refractivity contribution is 14.1. The van der Waals surface area contributed by atoms with Crippen molar-refractivity contribution in [3.05, 3.63) is 56.7 Å². The molecule has 0 bridgehead atoms. The minimum absolute atomic E-state index is 0.144. The number of rotatable bonds is 4. The van der Waals surface area contributed by atoms with E-state index in [-0.39, 0.29) is 5.56 Å². The van der Waals surface area contributed by atoms with Crippen LogP contribution in [0, 0.1) is 10.5 Å². The van der Waals surface area contributed by atoms with Crippen molar-refractivity contribution in [2.45, 2.75) is 20.3 Å². The van der Waals surface area contributed by atoms with Crippen LogP contribution in [0.5, 0.6) is 11.5 Å². The lowest BCUT2D eigenvalue weighted by atomic mass is 10.1. The van der Waals surface area contributed by atoms with Gasteiger partial charge in [0.05, 0.1) is 9.54 Å². The Hall–Kier alpha value is -1.56. The molecule has 104 valence electrons. The van der Waals surface area contributed by atoms with Gasteiger partial charge in [0.2, 0.25) is 0 Å². The van der Waals surface area contributed by atoms with E-state index in [0.717, 1.165) is 21.3 Å². The third-order valence-corrected chi connectivity index (χ3v) is 3.81. The number of ether oxygens (including phenoxy) is 1. The molecular weight excluding hydrogens is 367 g/mol. The largest absolute Gasteiger partial charge is 0.545 e. The van der Waals surface area contributed by atoms with Crippen LogP contribution >= 0.6 is 22.6 Å². The van der Waals surface area contributed by atoms with E-state index in [4.69, 9.17) is 4.74 Å². The molecular formula is C16H14IO3-. The molecule has 0 aliphatic heterocycles. The number of aromatic carboxylic acids is 1. The molecule has 0 saturated heterocycles. The van der Waals surface area contributed by atoms with Crippen LogP contribution in [0.25, 0.3) is 0 Å². The van der Waals surface area contributed by atoms with Crippen LogP contribution in [-0.4, -0.2) is 5.97 Å². The van der Waals surface area contributed by atoms with Gasteiger partial charge in [-0.1, -0.05) is 13.0 Å².